The van der Waals surface area contributed by atoms with Gasteiger partial charge in [0.2, 0.25) is 17.7 Å². The number of hydrogen-bond acceptors (Lipinski definition) is 5. The predicted octanol–water partition coefficient (Wildman–Crippen LogP) is -0.404. The van der Waals surface area contributed by atoms with Crippen LogP contribution in [0.2, 0.25) is 0 Å². The number of amides is 3. The first kappa shape index (κ1) is 23.8. The van der Waals surface area contributed by atoms with E-state index < -0.39 is 41.8 Å². The molecule has 0 aliphatic heterocycles. The summed E-state index contributed by atoms with van der Waals surface area (Å²) in [5, 5.41) is 16.8. The highest BCUT2D eigenvalue weighted by atomic mass is 16.4. The van der Waals surface area contributed by atoms with Gasteiger partial charge >= 0.3 is 5.97 Å². The van der Waals surface area contributed by atoms with E-state index in [1.807, 2.05) is 20.8 Å². The average Bonchev–Trinajstić information content (AvgIpc) is 2.56. The van der Waals surface area contributed by atoms with Crippen molar-refractivity contribution in [2.24, 2.45) is 17.6 Å². The number of rotatable bonds is 11. The Morgan fingerprint density at radius 3 is 1.96 bits per heavy atom. The maximum Gasteiger partial charge on any atom is 0.326 e. The summed E-state index contributed by atoms with van der Waals surface area (Å²) in [6.45, 7) is 8.57. The highest BCUT2D eigenvalue weighted by Gasteiger charge is 2.30. The fourth-order valence-electron chi connectivity index (χ4n) is 2.30. The summed E-state index contributed by atoms with van der Waals surface area (Å²) >= 11 is 0. The van der Waals surface area contributed by atoms with Crippen molar-refractivity contribution in [2.45, 2.75) is 65.6 Å². The Bertz CT molecular complexity index is 509. The Kier molecular flexibility index (Phi) is 10.5. The average molecular weight is 372 g/mol. The third-order valence-corrected chi connectivity index (χ3v) is 4.07. The number of carbonyl (C=O) groups excluding carboxylic acids is 3. The Hall–Kier alpha value is -2.16. The number of carboxylic acid groups (broad SMARTS) is 1. The number of nitrogens with two attached hydrogens (primary N) is 1. The fourth-order valence-corrected chi connectivity index (χ4v) is 2.30. The summed E-state index contributed by atoms with van der Waals surface area (Å²) in [6.07, 6.45) is 0.919. The lowest BCUT2D eigenvalue weighted by atomic mass is 9.97. The van der Waals surface area contributed by atoms with Gasteiger partial charge in [-0.2, -0.15) is 0 Å². The van der Waals surface area contributed by atoms with E-state index in [-0.39, 0.29) is 18.4 Å². The molecule has 0 saturated carbocycles. The van der Waals surface area contributed by atoms with Crippen molar-refractivity contribution >= 4 is 23.7 Å². The zero-order chi connectivity index (χ0) is 20.4. The van der Waals surface area contributed by atoms with Gasteiger partial charge in [-0.05, 0) is 25.2 Å². The fraction of sp³-hybridized carbons (Fsp3) is 0.765. The van der Waals surface area contributed by atoms with Gasteiger partial charge in [0.25, 0.3) is 0 Å². The molecule has 0 aliphatic carbocycles. The van der Waals surface area contributed by atoms with E-state index in [0.29, 0.717) is 12.8 Å². The van der Waals surface area contributed by atoms with Crippen molar-refractivity contribution in [1.82, 2.24) is 16.0 Å². The second-order valence-corrected chi connectivity index (χ2v) is 6.89. The van der Waals surface area contributed by atoms with Gasteiger partial charge in [-0.15, -0.1) is 0 Å². The molecule has 6 N–H and O–H groups in total. The lowest BCUT2D eigenvalue weighted by Gasteiger charge is -2.26. The van der Waals surface area contributed by atoms with Gasteiger partial charge in [-0.3, -0.25) is 14.4 Å². The van der Waals surface area contributed by atoms with Gasteiger partial charge in [0, 0.05) is 0 Å². The van der Waals surface area contributed by atoms with Crippen LogP contribution in [0.4, 0.5) is 0 Å². The Morgan fingerprint density at radius 2 is 1.54 bits per heavy atom. The first-order chi connectivity index (χ1) is 12.0. The molecule has 0 fully saturated rings. The molecule has 0 aromatic rings. The normalized spacial score (nSPS) is 15.5. The molecule has 0 rings (SSSR count). The molecule has 26 heavy (non-hydrogen) atoms. The molecule has 0 spiro atoms. The highest BCUT2D eigenvalue weighted by Crippen LogP contribution is 2.10. The van der Waals surface area contributed by atoms with Crippen LogP contribution in [-0.4, -0.2) is 53.5 Å². The van der Waals surface area contributed by atoms with Gasteiger partial charge in [0.1, 0.15) is 18.1 Å². The molecule has 0 bridgehead atoms. The predicted molar refractivity (Wildman–Crippen MR) is 97.1 cm³/mol. The first-order valence-corrected chi connectivity index (χ1v) is 8.86. The monoisotopic (exact) mass is 372 g/mol. The Labute approximate surface area is 154 Å². The minimum Gasteiger partial charge on any atom is -0.480 e. The summed E-state index contributed by atoms with van der Waals surface area (Å²) in [5.41, 5.74) is 5.20. The van der Waals surface area contributed by atoms with Crippen molar-refractivity contribution in [3.63, 3.8) is 0 Å². The van der Waals surface area contributed by atoms with Gasteiger partial charge in [0.05, 0.1) is 6.54 Å². The summed E-state index contributed by atoms with van der Waals surface area (Å²) in [5.74, 6) is -2.87. The van der Waals surface area contributed by atoms with Crippen molar-refractivity contribution in [1.29, 1.82) is 0 Å². The molecule has 9 nitrogen and oxygen atoms in total. The lowest BCUT2D eigenvalue weighted by molar-refractivity contribution is -0.144. The largest absolute Gasteiger partial charge is 0.480 e. The van der Waals surface area contributed by atoms with Gasteiger partial charge in [-0.25, -0.2) is 4.79 Å². The maximum atomic E-state index is 12.6. The number of hydrogen-bond donors (Lipinski definition) is 5. The second-order valence-electron chi connectivity index (χ2n) is 6.89. The zero-order valence-corrected chi connectivity index (χ0v) is 16.2. The van der Waals surface area contributed by atoms with Crippen molar-refractivity contribution < 1.29 is 24.3 Å². The van der Waals surface area contributed by atoms with Crippen LogP contribution in [0.1, 0.15) is 47.5 Å². The van der Waals surface area contributed by atoms with Crippen LogP contribution in [0.5, 0.6) is 0 Å². The van der Waals surface area contributed by atoms with Crippen molar-refractivity contribution in [3.8, 4) is 0 Å². The van der Waals surface area contributed by atoms with E-state index in [2.05, 4.69) is 16.0 Å². The molecular formula is C17H32N4O5. The van der Waals surface area contributed by atoms with Crippen LogP contribution < -0.4 is 21.7 Å². The Morgan fingerprint density at radius 1 is 0.962 bits per heavy atom. The molecule has 0 aromatic carbocycles. The van der Waals surface area contributed by atoms with E-state index in [9.17, 15) is 24.3 Å². The molecule has 0 aliphatic rings. The molecule has 3 amide bonds. The molecule has 0 saturated heterocycles. The lowest BCUT2D eigenvalue weighted by Crippen LogP contribution is -2.56. The van der Waals surface area contributed by atoms with Crippen LogP contribution in [0.25, 0.3) is 0 Å². The molecule has 0 heterocycles. The molecule has 4 unspecified atom stereocenters. The second kappa shape index (κ2) is 11.5. The SMILES string of the molecule is CCC(C)C(NC(=O)C(CC(C)C)NC(=O)C(C)NC(=O)CN)C(=O)O. The summed E-state index contributed by atoms with van der Waals surface area (Å²) in [7, 11) is 0. The van der Waals surface area contributed by atoms with Gasteiger partial charge in [-0.1, -0.05) is 34.1 Å². The maximum absolute atomic E-state index is 12.6. The van der Waals surface area contributed by atoms with Gasteiger partial charge < -0.3 is 26.8 Å². The molecule has 0 radical (unpaired) electrons. The van der Waals surface area contributed by atoms with E-state index in [0.717, 1.165) is 0 Å². The molecule has 150 valence electrons. The zero-order valence-electron chi connectivity index (χ0n) is 16.2. The van der Waals surface area contributed by atoms with E-state index in [4.69, 9.17) is 5.73 Å². The number of nitrogens with one attached hydrogen (secondary N) is 3. The van der Waals surface area contributed by atoms with Crippen LogP contribution >= 0.6 is 0 Å². The van der Waals surface area contributed by atoms with Gasteiger partial charge in [0.15, 0.2) is 0 Å². The minimum absolute atomic E-state index is 0.0897. The molecule has 0 aromatic heterocycles. The molecule has 9 heteroatoms. The topological polar surface area (TPSA) is 151 Å². The van der Waals surface area contributed by atoms with E-state index >= 15 is 0 Å². The number of carboxylic acids is 1. The number of carbonyl (C=O) groups is 4. The minimum atomic E-state index is -1.12. The number of aliphatic carboxylic acids is 1. The third-order valence-electron chi connectivity index (χ3n) is 4.07. The van der Waals surface area contributed by atoms with Crippen molar-refractivity contribution in [2.75, 3.05) is 6.54 Å². The van der Waals surface area contributed by atoms with Crippen LogP contribution in [0, 0.1) is 11.8 Å². The van der Waals surface area contributed by atoms with E-state index in [1.165, 1.54) is 6.92 Å². The third kappa shape index (κ3) is 8.28. The summed E-state index contributed by atoms with van der Waals surface area (Å²) < 4.78 is 0. The molecular weight excluding hydrogens is 340 g/mol. The summed E-state index contributed by atoms with van der Waals surface area (Å²) in [6, 6.07) is -2.79. The van der Waals surface area contributed by atoms with Crippen molar-refractivity contribution in [3.05, 3.63) is 0 Å². The molecule has 4 atom stereocenters. The first-order valence-electron chi connectivity index (χ1n) is 8.86. The van der Waals surface area contributed by atoms with Crippen LogP contribution in [0.15, 0.2) is 0 Å². The smallest absolute Gasteiger partial charge is 0.326 e. The standard InChI is InChI=1S/C17H32N4O5/c1-6-10(4)14(17(25)26)21-16(24)12(7-9(2)3)20-15(23)11(5)19-13(22)8-18/h9-12,14H,6-8,18H2,1-5H3,(H,19,22)(H,20,23)(H,21,24)(H,25,26). The van der Waals surface area contributed by atoms with Crippen LogP contribution in [0.3, 0.4) is 0 Å². The Balaban J connectivity index is 5.11. The van der Waals surface area contributed by atoms with E-state index in [1.54, 1.807) is 6.92 Å². The highest BCUT2D eigenvalue weighted by molar-refractivity contribution is 5.93. The quantitative estimate of drug-likeness (QED) is 0.333. The summed E-state index contributed by atoms with van der Waals surface area (Å²) in [4.78, 5) is 47.5. The van der Waals surface area contributed by atoms with Crippen LogP contribution in [-0.2, 0) is 19.2 Å².